The lowest BCUT2D eigenvalue weighted by Gasteiger charge is -2.13. The van der Waals surface area contributed by atoms with Crippen molar-refractivity contribution in [1.29, 1.82) is 0 Å². The van der Waals surface area contributed by atoms with E-state index in [9.17, 15) is 4.79 Å². The van der Waals surface area contributed by atoms with Crippen LogP contribution in [-0.4, -0.2) is 13.0 Å². The third-order valence-electron chi connectivity index (χ3n) is 2.83. The fourth-order valence-corrected chi connectivity index (χ4v) is 3.50. The predicted octanol–water partition coefficient (Wildman–Crippen LogP) is 5.43. The summed E-state index contributed by atoms with van der Waals surface area (Å²) in [5, 5.41) is 3.31. The van der Waals surface area contributed by atoms with Crippen molar-refractivity contribution in [2.24, 2.45) is 0 Å². The van der Waals surface area contributed by atoms with E-state index in [1.165, 1.54) is 7.11 Å². The van der Waals surface area contributed by atoms with E-state index >= 15 is 0 Å². The normalized spacial score (nSPS) is 10.3. The highest BCUT2D eigenvalue weighted by molar-refractivity contribution is 9.10. The van der Waals surface area contributed by atoms with Crippen LogP contribution in [0.25, 0.3) is 0 Å². The van der Waals surface area contributed by atoms with Gasteiger partial charge in [0.1, 0.15) is 0 Å². The summed E-state index contributed by atoms with van der Waals surface area (Å²) in [4.78, 5) is 12.4. The van der Waals surface area contributed by atoms with Crippen molar-refractivity contribution in [3.63, 3.8) is 0 Å². The second-order valence-electron chi connectivity index (χ2n) is 4.41. The zero-order chi connectivity index (χ0) is 15.6. The minimum Gasteiger partial charge on any atom is -0.493 e. The Kier molecular flexibility index (Phi) is 5.30. The molecule has 0 radical (unpaired) electrons. The molecule has 1 N–H and O–H groups in total. The first-order chi connectivity index (χ1) is 9.92. The summed E-state index contributed by atoms with van der Waals surface area (Å²) in [5.41, 5.74) is 2.12. The maximum Gasteiger partial charge on any atom is 0.256 e. The summed E-state index contributed by atoms with van der Waals surface area (Å²) in [5.74, 6) is 0.283. The number of hydrogen-bond donors (Lipinski definition) is 1. The third kappa shape index (κ3) is 3.78. The van der Waals surface area contributed by atoms with E-state index < -0.39 is 0 Å². The Hall–Kier alpha value is -1.04. The summed E-state index contributed by atoms with van der Waals surface area (Å²) in [6, 6.07) is 8.88. The molecule has 3 nitrogen and oxygen atoms in total. The van der Waals surface area contributed by atoms with Gasteiger partial charge in [0.05, 0.1) is 22.8 Å². The lowest BCUT2D eigenvalue weighted by atomic mass is 10.1. The highest BCUT2D eigenvalue weighted by Gasteiger charge is 2.15. The number of benzene rings is 2. The van der Waals surface area contributed by atoms with E-state index in [4.69, 9.17) is 16.3 Å². The van der Waals surface area contributed by atoms with Crippen molar-refractivity contribution in [2.45, 2.75) is 6.92 Å². The summed E-state index contributed by atoms with van der Waals surface area (Å²) >= 11 is 12.8. The zero-order valence-corrected chi connectivity index (χ0v) is 15.3. The molecule has 0 aromatic heterocycles. The van der Waals surface area contributed by atoms with Gasteiger partial charge >= 0.3 is 0 Å². The Labute approximate surface area is 144 Å². The molecule has 0 unspecified atom stereocenters. The second-order valence-corrected chi connectivity index (χ2v) is 6.55. The molecular formula is C15H12Br2ClNO2. The van der Waals surface area contributed by atoms with Gasteiger partial charge in [0.2, 0.25) is 0 Å². The van der Waals surface area contributed by atoms with Crippen LogP contribution in [0.4, 0.5) is 5.69 Å². The number of rotatable bonds is 3. The van der Waals surface area contributed by atoms with Gasteiger partial charge < -0.3 is 10.1 Å². The molecule has 0 aliphatic heterocycles. The monoisotopic (exact) mass is 431 g/mol. The van der Waals surface area contributed by atoms with Gasteiger partial charge in [0, 0.05) is 9.50 Å². The number of hydrogen-bond acceptors (Lipinski definition) is 2. The largest absolute Gasteiger partial charge is 0.493 e. The molecule has 21 heavy (non-hydrogen) atoms. The number of methoxy groups -OCH3 is 1. The van der Waals surface area contributed by atoms with Crippen LogP contribution in [0.2, 0.25) is 5.02 Å². The first-order valence-electron chi connectivity index (χ1n) is 6.03. The maximum atomic E-state index is 12.4. The van der Waals surface area contributed by atoms with Gasteiger partial charge in [0.25, 0.3) is 5.91 Å². The molecule has 2 rings (SSSR count). The molecule has 0 atom stereocenters. The van der Waals surface area contributed by atoms with Crippen molar-refractivity contribution >= 4 is 55.1 Å². The Balaban J connectivity index is 2.35. The van der Waals surface area contributed by atoms with Crippen molar-refractivity contribution in [1.82, 2.24) is 0 Å². The van der Waals surface area contributed by atoms with Crippen LogP contribution in [-0.2, 0) is 0 Å². The molecule has 2 aromatic rings. The molecule has 110 valence electrons. The van der Waals surface area contributed by atoms with Crippen LogP contribution in [0.1, 0.15) is 15.9 Å². The topological polar surface area (TPSA) is 38.3 Å². The first-order valence-corrected chi connectivity index (χ1v) is 7.99. The Morgan fingerprint density at radius 1 is 1.19 bits per heavy atom. The molecule has 6 heteroatoms. The number of halogens is 3. The molecule has 0 saturated carbocycles. The van der Waals surface area contributed by atoms with E-state index in [0.29, 0.717) is 26.5 Å². The van der Waals surface area contributed by atoms with Crippen LogP contribution < -0.4 is 10.1 Å². The molecule has 0 aliphatic rings. The minimum atomic E-state index is -0.241. The standard InChI is InChI=1S/C15H12Br2ClNO2/c1-8-3-4-10(11(16)5-8)15(20)19-13-7-9(18)6-12(17)14(13)21-2/h3-7H,1-2H3,(H,19,20). The SMILES string of the molecule is COc1c(Br)cc(Cl)cc1NC(=O)c1ccc(C)cc1Br. The summed E-state index contributed by atoms with van der Waals surface area (Å²) < 4.78 is 6.70. The Morgan fingerprint density at radius 2 is 1.90 bits per heavy atom. The number of anilines is 1. The van der Waals surface area contributed by atoms with E-state index in [1.54, 1.807) is 18.2 Å². The van der Waals surface area contributed by atoms with Gasteiger partial charge in [-0.1, -0.05) is 17.7 Å². The summed E-state index contributed by atoms with van der Waals surface area (Å²) in [7, 11) is 1.53. The van der Waals surface area contributed by atoms with Crippen LogP contribution in [0.15, 0.2) is 39.3 Å². The van der Waals surface area contributed by atoms with E-state index in [0.717, 1.165) is 10.0 Å². The van der Waals surface area contributed by atoms with Gasteiger partial charge in [-0.25, -0.2) is 0 Å². The summed E-state index contributed by atoms with van der Waals surface area (Å²) in [6.07, 6.45) is 0. The van der Waals surface area contributed by atoms with Crippen LogP contribution >= 0.6 is 43.5 Å². The average Bonchev–Trinajstić information content (AvgIpc) is 2.37. The quantitative estimate of drug-likeness (QED) is 0.701. The molecule has 0 heterocycles. The lowest BCUT2D eigenvalue weighted by Crippen LogP contribution is -2.13. The molecule has 0 spiro atoms. The molecule has 2 aromatic carbocycles. The fourth-order valence-electron chi connectivity index (χ4n) is 1.85. The number of amides is 1. The van der Waals surface area contributed by atoms with Crippen LogP contribution in [0.5, 0.6) is 5.75 Å². The van der Waals surface area contributed by atoms with Gasteiger partial charge in [-0.3, -0.25) is 4.79 Å². The van der Waals surface area contributed by atoms with E-state index in [2.05, 4.69) is 37.2 Å². The van der Waals surface area contributed by atoms with Gasteiger partial charge in [-0.15, -0.1) is 0 Å². The second kappa shape index (κ2) is 6.81. The molecule has 0 saturated heterocycles. The highest BCUT2D eigenvalue weighted by Crippen LogP contribution is 2.36. The van der Waals surface area contributed by atoms with Crippen LogP contribution in [0, 0.1) is 6.92 Å². The Morgan fingerprint density at radius 3 is 2.52 bits per heavy atom. The van der Waals surface area contributed by atoms with Crippen molar-refractivity contribution in [3.05, 3.63) is 55.4 Å². The Bertz CT molecular complexity index is 704. The van der Waals surface area contributed by atoms with E-state index in [-0.39, 0.29) is 5.91 Å². The van der Waals surface area contributed by atoms with Crippen molar-refractivity contribution < 1.29 is 9.53 Å². The number of carbonyl (C=O) groups is 1. The smallest absolute Gasteiger partial charge is 0.256 e. The summed E-state index contributed by atoms with van der Waals surface area (Å²) in [6.45, 7) is 1.96. The lowest BCUT2D eigenvalue weighted by molar-refractivity contribution is 0.102. The molecular weight excluding hydrogens is 421 g/mol. The number of nitrogens with one attached hydrogen (secondary N) is 1. The molecule has 0 aliphatic carbocycles. The van der Waals surface area contributed by atoms with Crippen LogP contribution in [0.3, 0.4) is 0 Å². The van der Waals surface area contributed by atoms with Gasteiger partial charge in [-0.2, -0.15) is 0 Å². The highest BCUT2D eigenvalue weighted by atomic mass is 79.9. The molecule has 0 bridgehead atoms. The van der Waals surface area contributed by atoms with Gasteiger partial charge in [-0.05, 0) is 68.6 Å². The first kappa shape index (κ1) is 16.3. The molecule has 0 fully saturated rings. The maximum absolute atomic E-state index is 12.4. The predicted molar refractivity (Wildman–Crippen MR) is 92.5 cm³/mol. The van der Waals surface area contributed by atoms with E-state index in [1.807, 2.05) is 19.1 Å². The van der Waals surface area contributed by atoms with Gasteiger partial charge in [0.15, 0.2) is 5.75 Å². The molecule has 1 amide bonds. The average molecular weight is 434 g/mol. The third-order valence-corrected chi connectivity index (χ3v) is 4.29. The van der Waals surface area contributed by atoms with Crippen molar-refractivity contribution in [2.75, 3.05) is 12.4 Å². The zero-order valence-electron chi connectivity index (χ0n) is 11.3. The number of aryl methyl sites for hydroxylation is 1. The minimum absolute atomic E-state index is 0.241. The fraction of sp³-hybridized carbons (Fsp3) is 0.133. The van der Waals surface area contributed by atoms with Crippen molar-refractivity contribution in [3.8, 4) is 5.75 Å². The number of carbonyl (C=O) groups excluding carboxylic acids is 1. The number of ether oxygens (including phenoxy) is 1.